The standard InChI is InChI=1S/C19H14N6O/c1-12-15(8-20)17(16(9-21)13(2)23-12)18-19(24-26)22-11-25(18)10-14-6-4-3-5-7-14/h3-7,11H,10H2,1-2H3. The maximum atomic E-state index is 11.3. The first kappa shape index (κ1) is 17.0. The first-order valence-corrected chi connectivity index (χ1v) is 7.84. The number of aromatic nitrogens is 3. The molecule has 126 valence electrons. The molecule has 2 heterocycles. The summed E-state index contributed by atoms with van der Waals surface area (Å²) in [5.74, 6) is -0.0565. The zero-order chi connectivity index (χ0) is 18.7. The maximum Gasteiger partial charge on any atom is 0.222 e. The molecule has 0 bridgehead atoms. The highest BCUT2D eigenvalue weighted by molar-refractivity contribution is 5.81. The monoisotopic (exact) mass is 342 g/mol. The number of nitroso groups, excluding NO2 is 1. The summed E-state index contributed by atoms with van der Waals surface area (Å²) in [7, 11) is 0. The van der Waals surface area contributed by atoms with E-state index in [1.54, 1.807) is 18.4 Å². The van der Waals surface area contributed by atoms with Crippen molar-refractivity contribution in [2.75, 3.05) is 0 Å². The van der Waals surface area contributed by atoms with E-state index in [9.17, 15) is 15.4 Å². The topological polar surface area (TPSA) is 108 Å². The van der Waals surface area contributed by atoms with Crippen molar-refractivity contribution in [3.63, 3.8) is 0 Å². The average Bonchev–Trinajstić information content (AvgIpc) is 3.04. The average molecular weight is 342 g/mol. The van der Waals surface area contributed by atoms with Crippen LogP contribution in [0.15, 0.2) is 41.8 Å². The molecule has 2 aromatic heterocycles. The zero-order valence-electron chi connectivity index (χ0n) is 14.3. The SMILES string of the molecule is Cc1nc(C)c(C#N)c(-c2c(N=O)ncn2Cc2ccccc2)c1C#N. The lowest BCUT2D eigenvalue weighted by molar-refractivity contribution is 0.803. The number of nitrogens with zero attached hydrogens (tertiary/aromatic N) is 6. The van der Waals surface area contributed by atoms with E-state index in [2.05, 4.69) is 27.3 Å². The van der Waals surface area contributed by atoms with Gasteiger partial charge in [-0.15, -0.1) is 4.91 Å². The number of pyridine rings is 1. The van der Waals surface area contributed by atoms with Crippen LogP contribution in [0.1, 0.15) is 28.1 Å². The predicted molar refractivity (Wildman–Crippen MR) is 95.4 cm³/mol. The van der Waals surface area contributed by atoms with Gasteiger partial charge in [0, 0.05) is 12.1 Å². The molecular formula is C19H14N6O. The van der Waals surface area contributed by atoms with Gasteiger partial charge in [0.25, 0.3) is 0 Å². The molecule has 0 atom stereocenters. The van der Waals surface area contributed by atoms with Gasteiger partial charge in [0.2, 0.25) is 5.82 Å². The summed E-state index contributed by atoms with van der Waals surface area (Å²) in [5.41, 5.74) is 3.15. The summed E-state index contributed by atoms with van der Waals surface area (Å²) in [5, 5.41) is 22.2. The molecule has 0 spiro atoms. The molecule has 0 N–H and O–H groups in total. The zero-order valence-corrected chi connectivity index (χ0v) is 14.3. The lowest BCUT2D eigenvalue weighted by atomic mass is 9.97. The largest absolute Gasteiger partial charge is 0.324 e. The van der Waals surface area contributed by atoms with Gasteiger partial charge in [0.1, 0.15) is 17.8 Å². The highest BCUT2D eigenvalue weighted by Gasteiger charge is 2.24. The van der Waals surface area contributed by atoms with Gasteiger partial charge in [-0.05, 0) is 24.6 Å². The maximum absolute atomic E-state index is 11.3. The third-order valence-electron chi connectivity index (χ3n) is 4.12. The van der Waals surface area contributed by atoms with Gasteiger partial charge in [0.05, 0.1) is 28.8 Å². The van der Waals surface area contributed by atoms with Crippen molar-refractivity contribution in [3.8, 4) is 23.4 Å². The summed E-state index contributed by atoms with van der Waals surface area (Å²) < 4.78 is 1.72. The first-order valence-electron chi connectivity index (χ1n) is 7.84. The molecule has 7 heteroatoms. The Balaban J connectivity index is 2.32. The molecule has 1 aromatic carbocycles. The number of hydrogen-bond acceptors (Lipinski definition) is 6. The molecule has 0 saturated heterocycles. The molecule has 0 radical (unpaired) electrons. The lowest BCUT2D eigenvalue weighted by Gasteiger charge is -2.14. The van der Waals surface area contributed by atoms with Gasteiger partial charge < -0.3 is 4.57 Å². The lowest BCUT2D eigenvalue weighted by Crippen LogP contribution is -2.06. The van der Waals surface area contributed by atoms with E-state index < -0.39 is 0 Å². The second-order valence-electron chi connectivity index (χ2n) is 5.75. The fourth-order valence-electron chi connectivity index (χ4n) is 2.95. The Morgan fingerprint density at radius 1 is 1.08 bits per heavy atom. The Labute approximate surface area is 150 Å². The quantitative estimate of drug-likeness (QED) is 0.671. The molecule has 0 amide bonds. The summed E-state index contributed by atoms with van der Waals surface area (Å²) in [6, 6.07) is 13.8. The normalized spacial score (nSPS) is 10.2. The first-order chi connectivity index (χ1) is 12.6. The molecule has 0 fully saturated rings. The van der Waals surface area contributed by atoms with Crippen LogP contribution in [0.2, 0.25) is 0 Å². The molecule has 0 saturated carbocycles. The number of rotatable bonds is 4. The van der Waals surface area contributed by atoms with E-state index in [0.29, 0.717) is 29.2 Å². The van der Waals surface area contributed by atoms with E-state index in [1.807, 2.05) is 30.3 Å². The second kappa shape index (κ2) is 6.96. The van der Waals surface area contributed by atoms with Gasteiger partial charge in [-0.2, -0.15) is 10.5 Å². The smallest absolute Gasteiger partial charge is 0.222 e. The molecule has 0 aliphatic carbocycles. The van der Waals surface area contributed by atoms with Gasteiger partial charge in [-0.3, -0.25) is 4.98 Å². The summed E-state index contributed by atoms with van der Waals surface area (Å²) in [6.07, 6.45) is 1.49. The molecule has 3 rings (SSSR count). The van der Waals surface area contributed by atoms with Gasteiger partial charge >= 0.3 is 0 Å². The van der Waals surface area contributed by atoms with Crippen molar-refractivity contribution in [1.29, 1.82) is 10.5 Å². The summed E-state index contributed by atoms with van der Waals surface area (Å²) in [4.78, 5) is 19.7. The van der Waals surface area contributed by atoms with Crippen LogP contribution in [-0.2, 0) is 6.54 Å². The fraction of sp³-hybridized carbons (Fsp3) is 0.158. The van der Waals surface area contributed by atoms with Crippen LogP contribution in [-0.4, -0.2) is 14.5 Å². The van der Waals surface area contributed by atoms with Crippen LogP contribution in [0.3, 0.4) is 0 Å². The van der Waals surface area contributed by atoms with Crippen molar-refractivity contribution < 1.29 is 0 Å². The molecule has 0 unspecified atom stereocenters. The van der Waals surface area contributed by atoms with E-state index in [1.165, 1.54) is 6.33 Å². The van der Waals surface area contributed by atoms with Gasteiger partial charge in [0.15, 0.2) is 0 Å². The van der Waals surface area contributed by atoms with Crippen LogP contribution in [0, 0.1) is 41.4 Å². The van der Waals surface area contributed by atoms with Crippen LogP contribution in [0.4, 0.5) is 5.82 Å². The van der Waals surface area contributed by atoms with Crippen molar-refractivity contribution in [3.05, 3.63) is 69.6 Å². The highest BCUT2D eigenvalue weighted by atomic mass is 16.3. The number of benzene rings is 1. The number of aryl methyl sites for hydroxylation is 2. The van der Waals surface area contributed by atoms with Crippen LogP contribution >= 0.6 is 0 Å². The van der Waals surface area contributed by atoms with Crippen LogP contribution in [0.25, 0.3) is 11.3 Å². The third-order valence-corrected chi connectivity index (χ3v) is 4.12. The Morgan fingerprint density at radius 3 is 2.23 bits per heavy atom. The predicted octanol–water partition coefficient (Wildman–Crippen LogP) is 3.75. The van der Waals surface area contributed by atoms with E-state index >= 15 is 0 Å². The van der Waals surface area contributed by atoms with Gasteiger partial charge in [-0.1, -0.05) is 30.3 Å². The fourth-order valence-corrected chi connectivity index (χ4v) is 2.95. The van der Waals surface area contributed by atoms with E-state index in [0.717, 1.165) is 5.56 Å². The Hall–Kier alpha value is -3.84. The summed E-state index contributed by atoms with van der Waals surface area (Å²) >= 11 is 0. The van der Waals surface area contributed by atoms with Crippen molar-refractivity contribution >= 4 is 5.82 Å². The molecule has 0 aliphatic rings. The summed E-state index contributed by atoms with van der Waals surface area (Å²) in [6.45, 7) is 3.82. The Bertz CT molecular complexity index is 1030. The number of hydrogen-bond donors (Lipinski definition) is 0. The van der Waals surface area contributed by atoms with Crippen LogP contribution < -0.4 is 0 Å². The van der Waals surface area contributed by atoms with Crippen molar-refractivity contribution in [1.82, 2.24) is 14.5 Å². The van der Waals surface area contributed by atoms with E-state index in [4.69, 9.17) is 0 Å². The van der Waals surface area contributed by atoms with Crippen molar-refractivity contribution in [2.45, 2.75) is 20.4 Å². The minimum atomic E-state index is -0.0565. The Kier molecular flexibility index (Phi) is 4.55. The molecule has 26 heavy (non-hydrogen) atoms. The van der Waals surface area contributed by atoms with Crippen molar-refractivity contribution in [2.24, 2.45) is 5.18 Å². The van der Waals surface area contributed by atoms with Gasteiger partial charge in [-0.25, -0.2) is 4.98 Å². The molecule has 3 aromatic rings. The highest BCUT2D eigenvalue weighted by Crippen LogP contribution is 2.36. The van der Waals surface area contributed by atoms with E-state index in [-0.39, 0.29) is 16.9 Å². The molecular weight excluding hydrogens is 328 g/mol. The number of imidazole rings is 1. The molecule has 7 nitrogen and oxygen atoms in total. The minimum absolute atomic E-state index is 0.0565. The number of nitriles is 2. The molecule has 0 aliphatic heterocycles. The Morgan fingerprint density at radius 2 is 1.69 bits per heavy atom. The minimum Gasteiger partial charge on any atom is -0.324 e. The van der Waals surface area contributed by atoms with Crippen LogP contribution in [0.5, 0.6) is 0 Å². The second-order valence-corrected chi connectivity index (χ2v) is 5.75. The third kappa shape index (κ3) is 2.83.